The fourth-order valence-electron chi connectivity index (χ4n) is 4.31. The minimum absolute atomic E-state index is 0.0919. The number of amides is 1. The molecule has 0 saturated carbocycles. The number of benzene rings is 2. The van der Waals surface area contributed by atoms with Gasteiger partial charge in [-0.2, -0.15) is 5.10 Å². The summed E-state index contributed by atoms with van der Waals surface area (Å²) in [6.45, 7) is 4.54. The predicted octanol–water partition coefficient (Wildman–Crippen LogP) is 2.77. The zero-order valence-electron chi connectivity index (χ0n) is 17.2. The predicted molar refractivity (Wildman–Crippen MR) is 117 cm³/mol. The highest BCUT2D eigenvalue weighted by Crippen LogP contribution is 2.22. The van der Waals surface area contributed by atoms with Crippen molar-refractivity contribution in [3.63, 3.8) is 0 Å². The summed E-state index contributed by atoms with van der Waals surface area (Å²) >= 11 is 0. The van der Waals surface area contributed by atoms with Crippen LogP contribution in [0.4, 0.5) is 10.1 Å². The molecule has 2 aromatic carbocycles. The van der Waals surface area contributed by atoms with Gasteiger partial charge in [-0.3, -0.25) is 9.59 Å². The van der Waals surface area contributed by atoms with E-state index in [1.54, 1.807) is 50.5 Å². The van der Waals surface area contributed by atoms with Crippen molar-refractivity contribution in [1.82, 2.24) is 19.1 Å². The average molecular weight is 419 g/mol. The van der Waals surface area contributed by atoms with Gasteiger partial charge < -0.3 is 14.4 Å². The van der Waals surface area contributed by atoms with Crippen molar-refractivity contribution in [1.29, 1.82) is 0 Å². The molecule has 0 radical (unpaired) electrons. The Morgan fingerprint density at radius 3 is 2.52 bits per heavy atom. The lowest BCUT2D eigenvalue weighted by Crippen LogP contribution is -2.49. The van der Waals surface area contributed by atoms with E-state index in [0.717, 1.165) is 5.52 Å². The summed E-state index contributed by atoms with van der Waals surface area (Å²) in [5, 5.41) is 4.26. The van der Waals surface area contributed by atoms with Gasteiger partial charge in [-0.1, -0.05) is 12.1 Å². The number of nitrogens with zero attached hydrogens (tertiary/aromatic N) is 5. The van der Waals surface area contributed by atoms with Gasteiger partial charge in [-0.05, 0) is 43.3 Å². The van der Waals surface area contributed by atoms with Crippen LogP contribution >= 0.6 is 0 Å². The number of fused-ring (bicyclic) bond motifs is 3. The molecule has 0 bridgehead atoms. The van der Waals surface area contributed by atoms with E-state index in [1.165, 1.54) is 6.07 Å². The van der Waals surface area contributed by atoms with Gasteiger partial charge in [-0.25, -0.2) is 8.91 Å². The smallest absolute Gasteiger partial charge is 0.277 e. The van der Waals surface area contributed by atoms with Crippen molar-refractivity contribution >= 4 is 28.1 Å². The third kappa shape index (κ3) is 3.15. The van der Waals surface area contributed by atoms with Crippen LogP contribution < -0.4 is 10.5 Å². The first-order valence-electron chi connectivity index (χ1n) is 10.4. The summed E-state index contributed by atoms with van der Waals surface area (Å²) in [6.07, 6.45) is 1.60. The lowest BCUT2D eigenvalue weighted by molar-refractivity contribution is 0.0747. The molecule has 8 heteroatoms. The molecule has 0 spiro atoms. The van der Waals surface area contributed by atoms with E-state index in [2.05, 4.69) is 5.10 Å². The topological polar surface area (TPSA) is 62.9 Å². The van der Waals surface area contributed by atoms with Gasteiger partial charge in [0.2, 0.25) is 0 Å². The second kappa shape index (κ2) is 7.54. The number of anilines is 1. The van der Waals surface area contributed by atoms with Crippen LogP contribution in [0.3, 0.4) is 0 Å². The lowest BCUT2D eigenvalue weighted by atomic mass is 10.1. The number of carbonyl (C=O) groups excluding carboxylic acids is 1. The molecule has 1 fully saturated rings. The first-order valence-corrected chi connectivity index (χ1v) is 10.4. The summed E-state index contributed by atoms with van der Waals surface area (Å²) in [5.41, 5.74) is 2.94. The Morgan fingerprint density at radius 2 is 1.77 bits per heavy atom. The summed E-state index contributed by atoms with van der Waals surface area (Å²) in [7, 11) is 0. The van der Waals surface area contributed by atoms with Crippen molar-refractivity contribution < 1.29 is 9.18 Å². The average Bonchev–Trinajstić information content (AvgIpc) is 3.30. The lowest BCUT2D eigenvalue weighted by Gasteiger charge is -2.36. The standard InChI is InChI=1S/C23H22FN5O2/c1-2-28-21-15-16(7-8-19(21)29-20(23(28)31)9-10-25-29)22(30)27-13-11-26(12-14-27)18-6-4-3-5-17(18)24/h3-10,15H,2,11-14H2,1H3. The number of aromatic nitrogens is 3. The molecule has 2 aromatic heterocycles. The molecule has 1 aliphatic heterocycles. The van der Waals surface area contributed by atoms with Gasteiger partial charge in [0.15, 0.2) is 0 Å². The Balaban J connectivity index is 1.43. The molecule has 4 aromatic rings. The maximum Gasteiger partial charge on any atom is 0.277 e. The third-order valence-corrected chi connectivity index (χ3v) is 5.92. The molecule has 7 nitrogen and oxygen atoms in total. The zero-order chi connectivity index (χ0) is 21.5. The van der Waals surface area contributed by atoms with E-state index in [4.69, 9.17) is 0 Å². The number of carbonyl (C=O) groups is 1. The monoisotopic (exact) mass is 419 g/mol. The van der Waals surface area contributed by atoms with E-state index < -0.39 is 0 Å². The Hall–Kier alpha value is -3.68. The zero-order valence-corrected chi connectivity index (χ0v) is 17.2. The highest BCUT2D eigenvalue weighted by Gasteiger charge is 2.24. The SMILES string of the molecule is CCn1c(=O)c2ccnn2c2ccc(C(=O)N3CCN(c4ccccc4F)CC3)cc21. The molecule has 0 unspecified atom stereocenters. The first-order chi connectivity index (χ1) is 15.1. The number of rotatable bonds is 3. The molecular formula is C23H22FN5O2. The number of hydrogen-bond donors (Lipinski definition) is 0. The van der Waals surface area contributed by atoms with Crippen LogP contribution in [0.2, 0.25) is 0 Å². The minimum atomic E-state index is -0.251. The van der Waals surface area contributed by atoms with E-state index in [9.17, 15) is 14.0 Å². The Labute approximate surface area is 177 Å². The van der Waals surface area contributed by atoms with Crippen LogP contribution in [0, 0.1) is 5.82 Å². The van der Waals surface area contributed by atoms with Crippen LogP contribution in [-0.4, -0.2) is 51.2 Å². The molecule has 0 aliphatic carbocycles. The molecule has 3 heterocycles. The van der Waals surface area contributed by atoms with Crippen LogP contribution in [0.25, 0.3) is 16.6 Å². The maximum atomic E-state index is 14.1. The number of aryl methyl sites for hydroxylation is 1. The van der Waals surface area contributed by atoms with Gasteiger partial charge in [0.1, 0.15) is 11.3 Å². The van der Waals surface area contributed by atoms with Crippen LogP contribution in [-0.2, 0) is 6.54 Å². The van der Waals surface area contributed by atoms with Gasteiger partial charge in [-0.15, -0.1) is 0 Å². The Morgan fingerprint density at radius 1 is 1.00 bits per heavy atom. The van der Waals surface area contributed by atoms with Crippen molar-refractivity contribution in [3.05, 3.63) is 76.5 Å². The van der Waals surface area contributed by atoms with Crippen molar-refractivity contribution in [2.75, 3.05) is 31.1 Å². The van der Waals surface area contributed by atoms with E-state index >= 15 is 0 Å². The molecule has 1 saturated heterocycles. The summed E-state index contributed by atoms with van der Waals surface area (Å²) < 4.78 is 17.4. The largest absolute Gasteiger partial charge is 0.366 e. The van der Waals surface area contributed by atoms with Gasteiger partial charge in [0.25, 0.3) is 11.5 Å². The minimum Gasteiger partial charge on any atom is -0.366 e. The molecule has 31 heavy (non-hydrogen) atoms. The fourth-order valence-corrected chi connectivity index (χ4v) is 4.31. The van der Waals surface area contributed by atoms with Crippen molar-refractivity contribution in [2.24, 2.45) is 0 Å². The summed E-state index contributed by atoms with van der Waals surface area (Å²) in [4.78, 5) is 29.7. The third-order valence-electron chi connectivity index (χ3n) is 5.92. The van der Waals surface area contributed by atoms with Crippen LogP contribution in [0.15, 0.2) is 59.5 Å². The second-order valence-corrected chi connectivity index (χ2v) is 7.61. The van der Waals surface area contributed by atoms with Crippen molar-refractivity contribution in [2.45, 2.75) is 13.5 Å². The number of para-hydroxylation sites is 1. The molecule has 1 amide bonds. The Kier molecular flexibility index (Phi) is 4.69. The molecular weight excluding hydrogens is 397 g/mol. The van der Waals surface area contributed by atoms with Gasteiger partial charge in [0, 0.05) is 38.3 Å². The maximum absolute atomic E-state index is 14.1. The molecule has 1 aliphatic rings. The van der Waals surface area contributed by atoms with Crippen LogP contribution in [0.5, 0.6) is 0 Å². The summed E-state index contributed by atoms with van der Waals surface area (Å²) in [6, 6.07) is 13.8. The molecule has 158 valence electrons. The van der Waals surface area contributed by atoms with Crippen LogP contribution in [0.1, 0.15) is 17.3 Å². The van der Waals surface area contributed by atoms with E-state index in [-0.39, 0.29) is 17.3 Å². The van der Waals surface area contributed by atoms with Crippen molar-refractivity contribution in [3.8, 4) is 0 Å². The highest BCUT2D eigenvalue weighted by molar-refractivity contribution is 5.97. The fraction of sp³-hybridized carbons (Fsp3) is 0.261. The number of piperazine rings is 1. The molecule has 0 N–H and O–H groups in total. The highest BCUT2D eigenvalue weighted by atomic mass is 19.1. The van der Waals surface area contributed by atoms with Gasteiger partial charge >= 0.3 is 0 Å². The quantitative estimate of drug-likeness (QED) is 0.512. The summed E-state index contributed by atoms with van der Waals surface area (Å²) in [5.74, 6) is -0.343. The Bertz CT molecular complexity index is 1350. The normalized spacial score (nSPS) is 14.5. The molecule has 0 atom stereocenters. The number of halogens is 1. The van der Waals surface area contributed by atoms with E-state index in [1.807, 2.05) is 24.0 Å². The van der Waals surface area contributed by atoms with E-state index in [0.29, 0.717) is 55.0 Å². The number of hydrogen-bond acceptors (Lipinski definition) is 4. The second-order valence-electron chi connectivity index (χ2n) is 7.61. The molecule has 5 rings (SSSR count). The first kappa shape index (κ1) is 19.3. The van der Waals surface area contributed by atoms with Gasteiger partial charge in [0.05, 0.1) is 22.9 Å².